The molecule has 9 heavy (non-hydrogen) atoms. The van der Waals surface area contributed by atoms with Gasteiger partial charge in [0, 0.05) is 13.1 Å². The molecule has 0 aromatic carbocycles. The Morgan fingerprint density at radius 3 is 2.22 bits per heavy atom. The van der Waals surface area contributed by atoms with Crippen molar-refractivity contribution in [2.75, 3.05) is 33.2 Å². The molecule has 1 saturated heterocycles. The second kappa shape index (κ2) is 3.85. The molecule has 1 rings (SSSR count). The van der Waals surface area contributed by atoms with Gasteiger partial charge in [-0.05, 0) is 33.0 Å². The van der Waals surface area contributed by atoms with Crippen LogP contribution in [0.5, 0.6) is 0 Å². The molecule has 0 aromatic rings. The first-order valence-corrected chi connectivity index (χ1v) is 3.71. The maximum Gasteiger partial charge on any atom is 0.0145 e. The largest absolute Gasteiger partial charge is 0.306 e. The van der Waals surface area contributed by atoms with Crippen LogP contribution in [-0.2, 0) is 0 Å². The van der Waals surface area contributed by atoms with E-state index in [1.807, 2.05) is 0 Å². The van der Waals surface area contributed by atoms with Crippen LogP contribution < -0.4 is 5.32 Å². The number of hydrogen-bond donors (Lipinski definition) is 0. The Bertz CT molecular complexity index is 65.3. The average molecular weight is 127 g/mol. The molecule has 1 aliphatic heterocycles. The van der Waals surface area contributed by atoms with E-state index in [2.05, 4.69) is 17.3 Å². The van der Waals surface area contributed by atoms with Crippen molar-refractivity contribution in [2.24, 2.45) is 0 Å². The van der Waals surface area contributed by atoms with E-state index < -0.39 is 0 Å². The zero-order valence-electron chi connectivity index (χ0n) is 6.14. The lowest BCUT2D eigenvalue weighted by Gasteiger charge is -2.18. The molecule has 53 valence electrons. The van der Waals surface area contributed by atoms with Gasteiger partial charge in [0.15, 0.2) is 0 Å². The Hall–Kier alpha value is -0.0800. The van der Waals surface area contributed by atoms with Crippen molar-refractivity contribution in [3.05, 3.63) is 0 Å². The van der Waals surface area contributed by atoms with E-state index in [0.29, 0.717) is 0 Å². The van der Waals surface area contributed by atoms with Crippen LogP contribution >= 0.6 is 0 Å². The first-order valence-electron chi connectivity index (χ1n) is 3.71. The van der Waals surface area contributed by atoms with Crippen LogP contribution in [0.3, 0.4) is 0 Å². The molecule has 0 unspecified atom stereocenters. The molecule has 1 heterocycles. The minimum atomic E-state index is 1.07. The van der Waals surface area contributed by atoms with Gasteiger partial charge in [-0.3, -0.25) is 0 Å². The number of hydrogen-bond acceptors (Lipinski definition) is 1. The van der Waals surface area contributed by atoms with Gasteiger partial charge in [0.2, 0.25) is 0 Å². The van der Waals surface area contributed by atoms with E-state index in [-0.39, 0.29) is 0 Å². The molecule has 0 atom stereocenters. The van der Waals surface area contributed by atoms with E-state index in [1.165, 1.54) is 25.9 Å². The standard InChI is InChI=1S/C7H15N2/c1-9-6-2-4-8-5-3-7-9/h2-7H2,1H3. The zero-order valence-corrected chi connectivity index (χ0v) is 6.14. The highest BCUT2D eigenvalue weighted by Gasteiger charge is 2.01. The van der Waals surface area contributed by atoms with Crippen LogP contribution in [0, 0.1) is 0 Å². The molecule has 2 nitrogen and oxygen atoms in total. The van der Waals surface area contributed by atoms with E-state index in [1.54, 1.807) is 0 Å². The molecule has 0 aliphatic carbocycles. The predicted molar refractivity (Wildman–Crippen MR) is 38.6 cm³/mol. The summed E-state index contributed by atoms with van der Waals surface area (Å²) in [5, 5.41) is 4.34. The number of nitrogens with zero attached hydrogens (tertiary/aromatic N) is 2. The third kappa shape index (κ3) is 2.82. The Labute approximate surface area is 57.2 Å². The molecule has 0 N–H and O–H groups in total. The fraction of sp³-hybridized carbons (Fsp3) is 1.00. The summed E-state index contributed by atoms with van der Waals surface area (Å²) in [6.45, 7) is 4.60. The molecular weight excluding hydrogens is 112 g/mol. The molecule has 2 heteroatoms. The van der Waals surface area contributed by atoms with Crippen LogP contribution in [0.4, 0.5) is 0 Å². The van der Waals surface area contributed by atoms with Gasteiger partial charge in [-0.1, -0.05) is 0 Å². The highest BCUT2D eigenvalue weighted by Crippen LogP contribution is 1.93. The minimum Gasteiger partial charge on any atom is -0.306 e. The van der Waals surface area contributed by atoms with Crippen molar-refractivity contribution < 1.29 is 0 Å². The lowest BCUT2D eigenvalue weighted by molar-refractivity contribution is 0.302. The SMILES string of the molecule is CN1CCC[N]CCC1. The summed E-state index contributed by atoms with van der Waals surface area (Å²) < 4.78 is 0. The van der Waals surface area contributed by atoms with Crippen molar-refractivity contribution in [3.63, 3.8) is 0 Å². The van der Waals surface area contributed by atoms with Gasteiger partial charge in [0.1, 0.15) is 0 Å². The molecule has 1 fully saturated rings. The molecule has 0 bridgehead atoms. The maximum atomic E-state index is 4.34. The van der Waals surface area contributed by atoms with E-state index >= 15 is 0 Å². The lowest BCUT2D eigenvalue weighted by Crippen LogP contribution is -2.28. The van der Waals surface area contributed by atoms with Crippen LogP contribution in [0.2, 0.25) is 0 Å². The summed E-state index contributed by atoms with van der Waals surface area (Å²) in [5.74, 6) is 0. The third-order valence-corrected chi connectivity index (χ3v) is 1.71. The molecule has 1 radical (unpaired) electrons. The molecular formula is C7H15N2. The second-order valence-electron chi connectivity index (χ2n) is 2.68. The van der Waals surface area contributed by atoms with Crippen molar-refractivity contribution in [1.82, 2.24) is 10.2 Å². The maximum absolute atomic E-state index is 4.34. The van der Waals surface area contributed by atoms with Gasteiger partial charge in [-0.2, -0.15) is 0 Å². The molecule has 0 saturated carbocycles. The van der Waals surface area contributed by atoms with Crippen LogP contribution in [0.25, 0.3) is 0 Å². The third-order valence-electron chi connectivity index (χ3n) is 1.71. The summed E-state index contributed by atoms with van der Waals surface area (Å²) in [6.07, 6.45) is 2.49. The summed E-state index contributed by atoms with van der Waals surface area (Å²) in [4.78, 5) is 2.38. The van der Waals surface area contributed by atoms with Crippen molar-refractivity contribution in [3.8, 4) is 0 Å². The Morgan fingerprint density at radius 2 is 1.67 bits per heavy atom. The first kappa shape index (κ1) is 7.03. The summed E-state index contributed by atoms with van der Waals surface area (Å²) in [6, 6.07) is 0. The van der Waals surface area contributed by atoms with Gasteiger partial charge >= 0.3 is 0 Å². The van der Waals surface area contributed by atoms with Gasteiger partial charge in [-0.25, -0.2) is 5.32 Å². The molecule has 0 spiro atoms. The van der Waals surface area contributed by atoms with Gasteiger partial charge in [-0.15, -0.1) is 0 Å². The fourth-order valence-electron chi connectivity index (χ4n) is 1.13. The van der Waals surface area contributed by atoms with Gasteiger partial charge < -0.3 is 4.90 Å². The van der Waals surface area contributed by atoms with E-state index in [0.717, 1.165) is 13.1 Å². The van der Waals surface area contributed by atoms with Crippen molar-refractivity contribution in [2.45, 2.75) is 12.8 Å². The zero-order chi connectivity index (χ0) is 6.53. The van der Waals surface area contributed by atoms with Crippen LogP contribution in [-0.4, -0.2) is 38.1 Å². The average Bonchev–Trinajstić information content (AvgIpc) is 1.79. The summed E-state index contributed by atoms with van der Waals surface area (Å²) >= 11 is 0. The monoisotopic (exact) mass is 127 g/mol. The van der Waals surface area contributed by atoms with Crippen LogP contribution in [0.1, 0.15) is 12.8 Å². The molecule has 1 aliphatic rings. The highest BCUT2D eigenvalue weighted by molar-refractivity contribution is 4.59. The molecule has 0 aromatic heterocycles. The smallest absolute Gasteiger partial charge is 0.0145 e. The summed E-state index contributed by atoms with van der Waals surface area (Å²) in [5.41, 5.74) is 0. The molecule has 0 amide bonds. The summed E-state index contributed by atoms with van der Waals surface area (Å²) in [7, 11) is 2.19. The topological polar surface area (TPSA) is 17.3 Å². The highest BCUT2D eigenvalue weighted by atomic mass is 15.1. The van der Waals surface area contributed by atoms with E-state index in [4.69, 9.17) is 0 Å². The normalized spacial score (nSPS) is 25.0. The second-order valence-corrected chi connectivity index (χ2v) is 2.68. The predicted octanol–water partition coefficient (Wildman–Crippen LogP) is 0.316. The Morgan fingerprint density at radius 1 is 1.11 bits per heavy atom. The lowest BCUT2D eigenvalue weighted by atomic mass is 10.3. The van der Waals surface area contributed by atoms with Gasteiger partial charge in [0.05, 0.1) is 0 Å². The minimum absolute atomic E-state index is 1.07. The van der Waals surface area contributed by atoms with E-state index in [9.17, 15) is 0 Å². The fourth-order valence-corrected chi connectivity index (χ4v) is 1.13. The van der Waals surface area contributed by atoms with Crippen molar-refractivity contribution in [1.29, 1.82) is 0 Å². The Kier molecular flexibility index (Phi) is 3.01. The van der Waals surface area contributed by atoms with Gasteiger partial charge in [0.25, 0.3) is 0 Å². The number of rotatable bonds is 0. The van der Waals surface area contributed by atoms with Crippen LogP contribution in [0.15, 0.2) is 0 Å². The van der Waals surface area contributed by atoms with Crippen molar-refractivity contribution >= 4 is 0 Å². The quantitative estimate of drug-likeness (QED) is 0.458. The first-order chi connectivity index (χ1) is 4.39. The Balaban J connectivity index is 2.12.